The molecule has 1 saturated heterocycles. The number of nitrogens with zero attached hydrogens (tertiary/aromatic N) is 2. The van der Waals surface area contributed by atoms with Crippen LogP contribution in [0, 0.1) is 5.82 Å². The molecule has 1 aliphatic rings. The molecule has 4 rings (SSSR count). The molecule has 0 spiro atoms. The lowest BCUT2D eigenvalue weighted by Crippen LogP contribution is -2.39. The zero-order valence-corrected chi connectivity index (χ0v) is 15.0. The molecule has 1 amide bonds. The molecule has 0 bridgehead atoms. The first kappa shape index (κ1) is 18.0. The van der Waals surface area contributed by atoms with Crippen LogP contribution in [-0.4, -0.2) is 44.2 Å². The normalized spacial score (nSPS) is 16.9. The summed E-state index contributed by atoms with van der Waals surface area (Å²) in [4.78, 5) is 28.6. The third kappa shape index (κ3) is 3.53. The zero-order valence-electron chi connectivity index (χ0n) is 15.0. The third-order valence-electron chi connectivity index (χ3n) is 5.03. The second-order valence-electron chi connectivity index (χ2n) is 6.91. The van der Waals surface area contributed by atoms with Crippen molar-refractivity contribution in [2.75, 3.05) is 13.1 Å². The van der Waals surface area contributed by atoms with Crippen LogP contribution < -0.4 is 5.69 Å². The first-order chi connectivity index (χ1) is 13.5. The van der Waals surface area contributed by atoms with Gasteiger partial charge < -0.3 is 10.0 Å². The second kappa shape index (κ2) is 7.30. The fourth-order valence-corrected chi connectivity index (χ4v) is 3.61. The second-order valence-corrected chi connectivity index (χ2v) is 6.91. The van der Waals surface area contributed by atoms with Crippen molar-refractivity contribution in [2.45, 2.75) is 18.8 Å². The number of rotatable bonds is 3. The minimum Gasteiger partial charge on any atom is -0.505 e. The molecule has 7 nitrogen and oxygen atoms in total. The van der Waals surface area contributed by atoms with Gasteiger partial charge in [-0.25, -0.2) is 14.3 Å². The molecule has 28 heavy (non-hydrogen) atoms. The van der Waals surface area contributed by atoms with Gasteiger partial charge in [-0.1, -0.05) is 18.2 Å². The zero-order chi connectivity index (χ0) is 19.7. The van der Waals surface area contributed by atoms with Gasteiger partial charge in [0.15, 0.2) is 17.4 Å². The van der Waals surface area contributed by atoms with E-state index in [0.717, 1.165) is 18.4 Å². The SMILES string of the molecule is O=C(c1cccc(-c2n[nH]c(=O)[nH]2)c1)N1CCCC(c2ccc(F)c(O)c2)C1. The summed E-state index contributed by atoms with van der Waals surface area (Å²) in [6.07, 6.45) is 1.68. The Balaban J connectivity index is 1.54. The Morgan fingerprint density at radius 2 is 2.11 bits per heavy atom. The molecule has 2 aromatic carbocycles. The number of nitrogens with one attached hydrogen (secondary N) is 2. The van der Waals surface area contributed by atoms with Crippen LogP contribution in [-0.2, 0) is 0 Å². The average molecular weight is 382 g/mol. The van der Waals surface area contributed by atoms with Crippen molar-refractivity contribution in [1.82, 2.24) is 20.1 Å². The van der Waals surface area contributed by atoms with Crippen LogP contribution >= 0.6 is 0 Å². The quantitative estimate of drug-likeness (QED) is 0.648. The summed E-state index contributed by atoms with van der Waals surface area (Å²) in [6, 6.07) is 11.3. The molecule has 1 aromatic heterocycles. The number of likely N-dealkylation sites (tertiary alicyclic amines) is 1. The fraction of sp³-hybridized carbons (Fsp3) is 0.250. The summed E-state index contributed by atoms with van der Waals surface area (Å²) in [6.45, 7) is 1.12. The first-order valence-corrected chi connectivity index (χ1v) is 9.04. The topological polar surface area (TPSA) is 102 Å². The standard InChI is InChI=1S/C20H19FN4O3/c21-16-7-6-12(10-17(16)26)15-5-2-8-25(11-15)19(27)14-4-1-3-13(9-14)18-22-20(28)24-23-18/h1,3-4,6-7,9-10,15,26H,2,5,8,11H2,(H2,22,23,24,28). The lowest BCUT2D eigenvalue weighted by molar-refractivity contribution is 0.0707. The highest BCUT2D eigenvalue weighted by atomic mass is 19.1. The van der Waals surface area contributed by atoms with E-state index in [9.17, 15) is 19.1 Å². The van der Waals surface area contributed by atoms with Crippen LogP contribution in [0.25, 0.3) is 11.4 Å². The number of hydrogen-bond donors (Lipinski definition) is 3. The predicted octanol–water partition coefficient (Wildman–Crippen LogP) is 2.63. The molecule has 0 radical (unpaired) electrons. The van der Waals surface area contributed by atoms with Crippen molar-refractivity contribution in [3.05, 3.63) is 69.9 Å². The van der Waals surface area contributed by atoms with E-state index < -0.39 is 11.5 Å². The van der Waals surface area contributed by atoms with Gasteiger partial charge in [-0.15, -0.1) is 0 Å². The van der Waals surface area contributed by atoms with Crippen LogP contribution in [0.2, 0.25) is 0 Å². The molecule has 1 aliphatic heterocycles. The number of H-pyrrole nitrogens is 2. The third-order valence-corrected chi connectivity index (χ3v) is 5.03. The molecule has 1 unspecified atom stereocenters. The highest BCUT2D eigenvalue weighted by molar-refractivity contribution is 5.95. The van der Waals surface area contributed by atoms with E-state index in [1.165, 1.54) is 12.1 Å². The number of amides is 1. The van der Waals surface area contributed by atoms with E-state index in [4.69, 9.17) is 0 Å². The van der Waals surface area contributed by atoms with Gasteiger partial charge in [-0.05, 0) is 42.7 Å². The molecule has 0 saturated carbocycles. The lowest BCUT2D eigenvalue weighted by Gasteiger charge is -2.33. The van der Waals surface area contributed by atoms with Crippen molar-refractivity contribution in [2.24, 2.45) is 0 Å². The highest BCUT2D eigenvalue weighted by Crippen LogP contribution is 2.30. The maximum atomic E-state index is 13.3. The van der Waals surface area contributed by atoms with Crippen molar-refractivity contribution < 1.29 is 14.3 Å². The summed E-state index contributed by atoms with van der Waals surface area (Å²) in [5, 5.41) is 15.8. The van der Waals surface area contributed by atoms with Gasteiger partial charge >= 0.3 is 5.69 Å². The summed E-state index contributed by atoms with van der Waals surface area (Å²) >= 11 is 0. The number of carbonyl (C=O) groups is 1. The van der Waals surface area contributed by atoms with E-state index in [1.54, 1.807) is 35.2 Å². The maximum absolute atomic E-state index is 13.3. The van der Waals surface area contributed by atoms with Gasteiger partial charge in [0.1, 0.15) is 0 Å². The number of hydrogen-bond acceptors (Lipinski definition) is 4. The lowest BCUT2D eigenvalue weighted by atomic mass is 9.90. The van der Waals surface area contributed by atoms with Crippen LogP contribution in [0.1, 0.15) is 34.7 Å². The highest BCUT2D eigenvalue weighted by Gasteiger charge is 2.26. The Hall–Kier alpha value is -3.42. The van der Waals surface area contributed by atoms with Crippen molar-refractivity contribution >= 4 is 5.91 Å². The van der Waals surface area contributed by atoms with Crippen LogP contribution in [0.5, 0.6) is 5.75 Å². The van der Waals surface area contributed by atoms with Crippen molar-refractivity contribution in [3.63, 3.8) is 0 Å². The number of halogens is 1. The Morgan fingerprint density at radius 1 is 1.25 bits per heavy atom. The Labute approximate surface area is 159 Å². The summed E-state index contributed by atoms with van der Waals surface area (Å²) in [5.74, 6) is -0.730. The van der Waals surface area contributed by atoms with Crippen molar-refractivity contribution in [1.29, 1.82) is 0 Å². The molecule has 0 aliphatic carbocycles. The van der Waals surface area contributed by atoms with Gasteiger partial charge in [0.2, 0.25) is 0 Å². The van der Waals surface area contributed by atoms with Gasteiger partial charge in [0.25, 0.3) is 5.91 Å². The first-order valence-electron chi connectivity index (χ1n) is 9.04. The number of phenols is 1. The molecule has 1 atom stereocenters. The van der Waals surface area contributed by atoms with E-state index in [0.29, 0.717) is 30.0 Å². The van der Waals surface area contributed by atoms with E-state index in [1.807, 2.05) is 0 Å². The number of benzene rings is 2. The molecule has 144 valence electrons. The molecular weight excluding hydrogens is 363 g/mol. The number of aromatic hydroxyl groups is 1. The van der Waals surface area contributed by atoms with Crippen LogP contribution in [0.4, 0.5) is 4.39 Å². The van der Waals surface area contributed by atoms with Crippen molar-refractivity contribution in [3.8, 4) is 17.1 Å². The van der Waals surface area contributed by atoms with E-state index in [-0.39, 0.29) is 17.6 Å². The van der Waals surface area contributed by atoms with Gasteiger partial charge in [0.05, 0.1) is 0 Å². The molecular formula is C20H19FN4O3. The molecule has 3 N–H and O–H groups in total. The number of aromatic amines is 2. The smallest absolute Gasteiger partial charge is 0.340 e. The van der Waals surface area contributed by atoms with Gasteiger partial charge in [-0.2, -0.15) is 5.10 Å². The molecule has 8 heteroatoms. The Kier molecular flexibility index (Phi) is 4.68. The fourth-order valence-electron chi connectivity index (χ4n) is 3.61. The van der Waals surface area contributed by atoms with Crippen LogP contribution in [0.3, 0.4) is 0 Å². The number of piperidine rings is 1. The summed E-state index contributed by atoms with van der Waals surface area (Å²) in [5.41, 5.74) is 1.55. The van der Waals surface area contributed by atoms with E-state index in [2.05, 4.69) is 15.2 Å². The Morgan fingerprint density at radius 3 is 2.86 bits per heavy atom. The molecule has 3 aromatic rings. The number of phenolic OH excluding ortho intramolecular Hbond substituents is 1. The van der Waals surface area contributed by atoms with Crippen LogP contribution in [0.15, 0.2) is 47.3 Å². The largest absolute Gasteiger partial charge is 0.505 e. The minimum atomic E-state index is -0.652. The summed E-state index contributed by atoms with van der Waals surface area (Å²) < 4.78 is 13.3. The average Bonchev–Trinajstić information content (AvgIpc) is 3.16. The minimum absolute atomic E-state index is 0.0371. The number of carbonyl (C=O) groups excluding carboxylic acids is 1. The van der Waals surface area contributed by atoms with Gasteiger partial charge in [0, 0.05) is 30.1 Å². The van der Waals surface area contributed by atoms with Gasteiger partial charge in [-0.3, -0.25) is 9.78 Å². The summed E-state index contributed by atoms with van der Waals surface area (Å²) in [7, 11) is 0. The maximum Gasteiger partial charge on any atom is 0.340 e. The molecule has 1 fully saturated rings. The van der Waals surface area contributed by atoms with E-state index >= 15 is 0 Å². The monoisotopic (exact) mass is 382 g/mol. The Bertz CT molecular complexity index is 1080. The molecule has 2 heterocycles. The number of aromatic nitrogens is 3. The predicted molar refractivity (Wildman–Crippen MR) is 101 cm³/mol.